The summed E-state index contributed by atoms with van der Waals surface area (Å²) in [6, 6.07) is 6.87. The standard InChI is InChI=1S/C13H15N3O3/c1-2-9-19-13(18)15-10-3-5-11(6-4-10)16-8-7-14-12(16)17/h2-6H,1,7-9H2,(H,14,17)(H,15,18). The molecule has 0 bridgehead atoms. The predicted octanol–water partition coefficient (Wildman–Crippen LogP) is 1.95. The van der Waals surface area contributed by atoms with E-state index in [0.29, 0.717) is 18.8 Å². The van der Waals surface area contributed by atoms with Crippen LogP contribution in [0.5, 0.6) is 0 Å². The second-order valence-corrected chi connectivity index (χ2v) is 3.94. The molecule has 3 amide bonds. The Labute approximate surface area is 111 Å². The van der Waals surface area contributed by atoms with Gasteiger partial charge in [-0.3, -0.25) is 10.2 Å². The molecule has 2 N–H and O–H groups in total. The van der Waals surface area contributed by atoms with Crippen molar-refractivity contribution < 1.29 is 14.3 Å². The van der Waals surface area contributed by atoms with Crippen LogP contribution < -0.4 is 15.5 Å². The van der Waals surface area contributed by atoms with Gasteiger partial charge in [0.2, 0.25) is 0 Å². The number of nitrogens with zero attached hydrogens (tertiary/aromatic N) is 1. The number of carbonyl (C=O) groups is 2. The summed E-state index contributed by atoms with van der Waals surface area (Å²) >= 11 is 0. The summed E-state index contributed by atoms with van der Waals surface area (Å²) in [6.45, 7) is 4.91. The number of hydrogen-bond donors (Lipinski definition) is 2. The molecule has 2 rings (SSSR count). The van der Waals surface area contributed by atoms with E-state index in [2.05, 4.69) is 17.2 Å². The lowest BCUT2D eigenvalue weighted by atomic mass is 10.2. The van der Waals surface area contributed by atoms with Crippen molar-refractivity contribution in [3.8, 4) is 0 Å². The number of urea groups is 1. The zero-order valence-electron chi connectivity index (χ0n) is 10.4. The van der Waals surface area contributed by atoms with E-state index in [-0.39, 0.29) is 12.6 Å². The summed E-state index contributed by atoms with van der Waals surface area (Å²) in [7, 11) is 0. The molecule has 19 heavy (non-hydrogen) atoms. The van der Waals surface area contributed by atoms with Gasteiger partial charge in [0, 0.05) is 24.5 Å². The average Bonchev–Trinajstić information content (AvgIpc) is 2.83. The van der Waals surface area contributed by atoms with Crippen molar-refractivity contribution in [3.63, 3.8) is 0 Å². The first kappa shape index (κ1) is 12.9. The Balaban J connectivity index is 1.96. The maximum Gasteiger partial charge on any atom is 0.411 e. The molecule has 1 aromatic rings. The van der Waals surface area contributed by atoms with Crippen molar-refractivity contribution in [3.05, 3.63) is 36.9 Å². The molecule has 1 saturated heterocycles. The highest BCUT2D eigenvalue weighted by molar-refractivity contribution is 5.94. The quantitative estimate of drug-likeness (QED) is 0.814. The van der Waals surface area contributed by atoms with Gasteiger partial charge in [-0.1, -0.05) is 12.7 Å². The fourth-order valence-electron chi connectivity index (χ4n) is 1.73. The minimum absolute atomic E-state index is 0.105. The van der Waals surface area contributed by atoms with Gasteiger partial charge < -0.3 is 10.1 Å². The van der Waals surface area contributed by atoms with Crippen molar-refractivity contribution in [2.75, 3.05) is 29.9 Å². The van der Waals surface area contributed by atoms with Crippen LogP contribution in [0.15, 0.2) is 36.9 Å². The minimum Gasteiger partial charge on any atom is -0.445 e. The van der Waals surface area contributed by atoms with Crippen molar-refractivity contribution >= 4 is 23.5 Å². The summed E-state index contributed by atoms with van der Waals surface area (Å²) in [5.74, 6) is 0. The largest absolute Gasteiger partial charge is 0.445 e. The van der Waals surface area contributed by atoms with Crippen LogP contribution in [0.3, 0.4) is 0 Å². The molecule has 0 saturated carbocycles. The first-order valence-corrected chi connectivity index (χ1v) is 5.91. The van der Waals surface area contributed by atoms with Crippen LogP contribution in [0.1, 0.15) is 0 Å². The Morgan fingerprint density at radius 2 is 2.21 bits per heavy atom. The molecule has 1 fully saturated rings. The maximum absolute atomic E-state index is 11.5. The zero-order chi connectivity index (χ0) is 13.7. The summed E-state index contributed by atoms with van der Waals surface area (Å²) in [4.78, 5) is 24.4. The van der Waals surface area contributed by atoms with E-state index in [4.69, 9.17) is 4.74 Å². The number of rotatable bonds is 4. The molecular formula is C13H15N3O3. The molecule has 6 nitrogen and oxygen atoms in total. The van der Waals surface area contributed by atoms with Crippen LogP contribution in [0.2, 0.25) is 0 Å². The van der Waals surface area contributed by atoms with E-state index < -0.39 is 6.09 Å². The van der Waals surface area contributed by atoms with Gasteiger partial charge in [0.1, 0.15) is 6.61 Å². The number of ether oxygens (including phenoxy) is 1. The van der Waals surface area contributed by atoms with E-state index in [9.17, 15) is 9.59 Å². The Morgan fingerprint density at radius 1 is 1.47 bits per heavy atom. The Hall–Kier alpha value is -2.50. The molecule has 0 spiro atoms. The second kappa shape index (κ2) is 5.90. The number of hydrogen-bond acceptors (Lipinski definition) is 3. The highest BCUT2D eigenvalue weighted by Crippen LogP contribution is 2.19. The maximum atomic E-state index is 11.5. The fourth-order valence-corrected chi connectivity index (χ4v) is 1.73. The van der Waals surface area contributed by atoms with Crippen LogP contribution >= 0.6 is 0 Å². The summed E-state index contributed by atoms with van der Waals surface area (Å²) < 4.78 is 4.80. The van der Waals surface area contributed by atoms with Crippen molar-refractivity contribution in [2.24, 2.45) is 0 Å². The molecule has 0 unspecified atom stereocenters. The molecule has 0 radical (unpaired) electrons. The average molecular weight is 261 g/mol. The molecular weight excluding hydrogens is 246 g/mol. The third-order valence-corrected chi connectivity index (χ3v) is 2.61. The van der Waals surface area contributed by atoms with Crippen LogP contribution in [0.4, 0.5) is 21.0 Å². The molecule has 100 valence electrons. The summed E-state index contributed by atoms with van der Waals surface area (Å²) in [5.41, 5.74) is 1.40. The van der Waals surface area contributed by atoms with E-state index in [1.165, 1.54) is 6.08 Å². The van der Waals surface area contributed by atoms with Gasteiger partial charge >= 0.3 is 12.1 Å². The molecule has 0 atom stereocenters. The van der Waals surface area contributed by atoms with E-state index in [1.807, 2.05) is 0 Å². The van der Waals surface area contributed by atoms with Gasteiger partial charge in [-0.2, -0.15) is 0 Å². The highest BCUT2D eigenvalue weighted by atomic mass is 16.5. The van der Waals surface area contributed by atoms with Crippen molar-refractivity contribution in [1.82, 2.24) is 5.32 Å². The summed E-state index contributed by atoms with van der Waals surface area (Å²) in [6.07, 6.45) is 0.959. The topological polar surface area (TPSA) is 70.7 Å². The van der Waals surface area contributed by atoms with Gasteiger partial charge in [0.15, 0.2) is 0 Å². The van der Waals surface area contributed by atoms with Gasteiger partial charge in [-0.25, -0.2) is 9.59 Å². The van der Waals surface area contributed by atoms with Crippen LogP contribution in [0.25, 0.3) is 0 Å². The predicted molar refractivity (Wildman–Crippen MR) is 72.4 cm³/mol. The first-order chi connectivity index (χ1) is 9.20. The third-order valence-electron chi connectivity index (χ3n) is 2.61. The Kier molecular flexibility index (Phi) is 4.02. The van der Waals surface area contributed by atoms with E-state index in [1.54, 1.807) is 29.2 Å². The third kappa shape index (κ3) is 3.25. The molecule has 0 aliphatic carbocycles. The minimum atomic E-state index is -0.536. The van der Waals surface area contributed by atoms with Crippen LogP contribution in [-0.2, 0) is 4.74 Å². The smallest absolute Gasteiger partial charge is 0.411 e. The molecule has 1 aliphatic heterocycles. The van der Waals surface area contributed by atoms with Gasteiger partial charge in [-0.05, 0) is 24.3 Å². The lowest BCUT2D eigenvalue weighted by molar-refractivity contribution is 0.174. The second-order valence-electron chi connectivity index (χ2n) is 3.94. The van der Waals surface area contributed by atoms with Gasteiger partial charge in [0.25, 0.3) is 0 Å². The number of benzene rings is 1. The lowest BCUT2D eigenvalue weighted by Gasteiger charge is -2.14. The molecule has 1 heterocycles. The number of anilines is 2. The van der Waals surface area contributed by atoms with Crippen molar-refractivity contribution in [2.45, 2.75) is 0 Å². The number of amides is 3. The molecule has 6 heteroatoms. The Bertz CT molecular complexity index is 484. The molecule has 1 aromatic carbocycles. The zero-order valence-corrected chi connectivity index (χ0v) is 10.4. The lowest BCUT2D eigenvalue weighted by Crippen LogP contribution is -2.27. The van der Waals surface area contributed by atoms with Gasteiger partial charge in [0.05, 0.1) is 0 Å². The monoisotopic (exact) mass is 261 g/mol. The highest BCUT2D eigenvalue weighted by Gasteiger charge is 2.20. The van der Waals surface area contributed by atoms with Crippen molar-refractivity contribution in [1.29, 1.82) is 0 Å². The normalized spacial score (nSPS) is 13.9. The molecule has 0 aromatic heterocycles. The number of carbonyl (C=O) groups excluding carboxylic acids is 2. The fraction of sp³-hybridized carbons (Fsp3) is 0.231. The SMILES string of the molecule is C=CCOC(=O)Nc1ccc(N2CCNC2=O)cc1. The number of nitrogens with one attached hydrogen (secondary N) is 2. The Morgan fingerprint density at radius 3 is 2.79 bits per heavy atom. The van der Waals surface area contributed by atoms with E-state index in [0.717, 1.165) is 5.69 Å². The first-order valence-electron chi connectivity index (χ1n) is 5.91. The van der Waals surface area contributed by atoms with E-state index >= 15 is 0 Å². The van der Waals surface area contributed by atoms with Crippen LogP contribution in [0, 0.1) is 0 Å². The van der Waals surface area contributed by atoms with Gasteiger partial charge in [-0.15, -0.1) is 0 Å². The summed E-state index contributed by atoms with van der Waals surface area (Å²) in [5, 5.41) is 5.30. The molecule has 1 aliphatic rings. The van der Waals surface area contributed by atoms with Crippen LogP contribution in [-0.4, -0.2) is 31.8 Å².